The molecule has 7 heteroatoms. The number of cyclic esters (lactones) is 1. The van der Waals surface area contributed by atoms with Gasteiger partial charge in [0.05, 0.1) is 17.1 Å². The minimum Gasteiger partial charge on any atom is -0.447 e. The van der Waals surface area contributed by atoms with Crippen LogP contribution < -0.4 is 9.62 Å². The average Bonchev–Trinajstić information content (AvgIpc) is 2.95. The Balaban J connectivity index is 1.90. The van der Waals surface area contributed by atoms with Gasteiger partial charge in [0.2, 0.25) is 0 Å². The van der Waals surface area contributed by atoms with Gasteiger partial charge >= 0.3 is 6.09 Å². The fourth-order valence-corrected chi connectivity index (χ4v) is 3.95. The largest absolute Gasteiger partial charge is 0.447 e. The average molecular weight is 346 g/mol. The lowest BCUT2D eigenvalue weighted by Crippen LogP contribution is -2.23. The first-order chi connectivity index (χ1) is 11.4. The van der Waals surface area contributed by atoms with E-state index < -0.39 is 16.1 Å². The number of nitrogens with one attached hydrogen (secondary N) is 1. The molecule has 24 heavy (non-hydrogen) atoms. The molecule has 1 heterocycles. The summed E-state index contributed by atoms with van der Waals surface area (Å²) in [5, 5.41) is 0. The monoisotopic (exact) mass is 346 g/mol. The van der Waals surface area contributed by atoms with E-state index in [1.165, 1.54) is 4.90 Å². The molecule has 0 bridgehead atoms. The van der Waals surface area contributed by atoms with Crippen molar-refractivity contribution in [2.45, 2.75) is 18.7 Å². The number of hydrogen-bond donors (Lipinski definition) is 1. The van der Waals surface area contributed by atoms with Crippen LogP contribution in [0.25, 0.3) is 0 Å². The Morgan fingerprint density at radius 3 is 2.62 bits per heavy atom. The van der Waals surface area contributed by atoms with Gasteiger partial charge in [-0.1, -0.05) is 18.2 Å². The van der Waals surface area contributed by atoms with Crippen LogP contribution >= 0.6 is 0 Å². The number of nitrogens with zero attached hydrogens (tertiary/aromatic N) is 1. The van der Waals surface area contributed by atoms with Crippen molar-refractivity contribution in [2.24, 2.45) is 0 Å². The molecule has 0 unspecified atom stereocenters. The number of benzene rings is 2. The molecule has 0 aromatic heterocycles. The van der Waals surface area contributed by atoms with Crippen molar-refractivity contribution < 1.29 is 17.9 Å². The molecule has 2 aromatic carbocycles. The van der Waals surface area contributed by atoms with Gasteiger partial charge in [-0.25, -0.2) is 13.2 Å². The van der Waals surface area contributed by atoms with E-state index in [2.05, 4.69) is 4.72 Å². The Hall–Kier alpha value is -2.54. The third kappa shape index (κ3) is 3.21. The van der Waals surface area contributed by atoms with Gasteiger partial charge in [-0.15, -0.1) is 0 Å². The lowest BCUT2D eigenvalue weighted by Gasteiger charge is -2.15. The summed E-state index contributed by atoms with van der Waals surface area (Å²) in [6.45, 7) is 4.38. The minimum atomic E-state index is -3.71. The number of rotatable bonds is 4. The number of hydrogen-bond acceptors (Lipinski definition) is 4. The Morgan fingerprint density at radius 2 is 1.92 bits per heavy atom. The summed E-state index contributed by atoms with van der Waals surface area (Å²) in [5.41, 5.74) is 2.54. The summed E-state index contributed by atoms with van der Waals surface area (Å²) in [4.78, 5) is 13.4. The topological polar surface area (TPSA) is 75.7 Å². The Morgan fingerprint density at radius 1 is 1.12 bits per heavy atom. The maximum absolute atomic E-state index is 12.7. The first kappa shape index (κ1) is 16.3. The molecule has 2 aromatic rings. The van der Waals surface area contributed by atoms with E-state index in [9.17, 15) is 13.2 Å². The number of carbonyl (C=O) groups is 1. The van der Waals surface area contributed by atoms with Crippen LogP contribution in [0.1, 0.15) is 11.1 Å². The normalized spacial score (nSPS) is 14.6. The van der Waals surface area contributed by atoms with Crippen molar-refractivity contribution >= 4 is 27.5 Å². The van der Waals surface area contributed by atoms with Gasteiger partial charge in [0.25, 0.3) is 10.0 Å². The van der Waals surface area contributed by atoms with Gasteiger partial charge in [0.1, 0.15) is 6.61 Å². The zero-order valence-electron chi connectivity index (χ0n) is 13.4. The summed E-state index contributed by atoms with van der Waals surface area (Å²) in [6, 6.07) is 12.0. The molecule has 1 aliphatic rings. The quantitative estimate of drug-likeness (QED) is 0.923. The molecule has 0 aliphatic carbocycles. The van der Waals surface area contributed by atoms with E-state index in [0.29, 0.717) is 30.1 Å². The maximum Gasteiger partial charge on any atom is 0.414 e. The highest BCUT2D eigenvalue weighted by atomic mass is 32.2. The number of carbonyl (C=O) groups excluding carboxylic acids is 1. The molecule has 1 amide bonds. The molecule has 6 nitrogen and oxygen atoms in total. The molecule has 3 rings (SSSR count). The Bertz CT molecular complexity index is 893. The zero-order chi connectivity index (χ0) is 17.3. The van der Waals surface area contributed by atoms with Crippen LogP contribution in [0.4, 0.5) is 16.2 Å². The molecular formula is C17H18N2O4S. The van der Waals surface area contributed by atoms with E-state index in [1.807, 2.05) is 13.0 Å². The standard InChI is InChI=1S/C17H18N2O4S/c1-12-6-7-13(2)16(10-12)24(21,22)18-14-4-3-5-15(11-14)19-8-9-23-17(19)20/h3-7,10-11,18H,8-9H2,1-2H3. The predicted molar refractivity (Wildman–Crippen MR) is 91.9 cm³/mol. The Labute approximate surface area is 141 Å². The number of sulfonamides is 1. The molecule has 1 aliphatic heterocycles. The second-order valence-electron chi connectivity index (χ2n) is 5.69. The second kappa shape index (κ2) is 6.16. The molecule has 0 radical (unpaired) electrons. The van der Waals surface area contributed by atoms with Gasteiger partial charge < -0.3 is 4.74 Å². The molecule has 0 saturated carbocycles. The fraction of sp³-hybridized carbons (Fsp3) is 0.235. The van der Waals surface area contributed by atoms with Crippen LogP contribution in [-0.4, -0.2) is 27.7 Å². The van der Waals surface area contributed by atoms with Crippen molar-refractivity contribution in [1.82, 2.24) is 0 Å². The van der Waals surface area contributed by atoms with Crippen LogP contribution in [0.15, 0.2) is 47.4 Å². The van der Waals surface area contributed by atoms with Gasteiger partial charge in [0, 0.05) is 5.69 Å². The first-order valence-corrected chi connectivity index (χ1v) is 8.99. The molecular weight excluding hydrogens is 328 g/mol. The highest BCUT2D eigenvalue weighted by Crippen LogP contribution is 2.25. The van der Waals surface area contributed by atoms with E-state index >= 15 is 0 Å². The van der Waals surface area contributed by atoms with Crippen LogP contribution in [0.3, 0.4) is 0 Å². The molecule has 126 valence electrons. The van der Waals surface area contributed by atoms with Gasteiger partial charge in [-0.2, -0.15) is 0 Å². The van der Waals surface area contributed by atoms with Crippen molar-refractivity contribution in [3.8, 4) is 0 Å². The maximum atomic E-state index is 12.7. The van der Waals surface area contributed by atoms with Gasteiger partial charge in [-0.3, -0.25) is 9.62 Å². The number of anilines is 2. The third-order valence-electron chi connectivity index (χ3n) is 3.80. The van der Waals surface area contributed by atoms with Crippen LogP contribution in [0.5, 0.6) is 0 Å². The first-order valence-electron chi connectivity index (χ1n) is 7.51. The highest BCUT2D eigenvalue weighted by Gasteiger charge is 2.24. The van der Waals surface area contributed by atoms with Gasteiger partial charge in [-0.05, 0) is 49.2 Å². The van der Waals surface area contributed by atoms with E-state index in [1.54, 1.807) is 43.3 Å². The van der Waals surface area contributed by atoms with E-state index in [0.717, 1.165) is 5.56 Å². The zero-order valence-corrected chi connectivity index (χ0v) is 14.3. The molecule has 0 atom stereocenters. The molecule has 0 spiro atoms. The lowest BCUT2D eigenvalue weighted by atomic mass is 10.2. The van der Waals surface area contributed by atoms with Gasteiger partial charge in [0.15, 0.2) is 0 Å². The number of aryl methyl sites for hydroxylation is 2. The fourth-order valence-electron chi connectivity index (χ4n) is 2.57. The number of amides is 1. The van der Waals surface area contributed by atoms with Crippen molar-refractivity contribution in [1.29, 1.82) is 0 Å². The molecule has 1 fully saturated rings. The van der Waals surface area contributed by atoms with E-state index in [4.69, 9.17) is 4.74 Å². The smallest absolute Gasteiger partial charge is 0.414 e. The summed E-state index contributed by atoms with van der Waals surface area (Å²) in [6.07, 6.45) is -0.426. The lowest BCUT2D eigenvalue weighted by molar-refractivity contribution is 0.181. The molecule has 1 N–H and O–H groups in total. The van der Waals surface area contributed by atoms with Crippen LogP contribution in [0, 0.1) is 13.8 Å². The van der Waals surface area contributed by atoms with Crippen LogP contribution in [0.2, 0.25) is 0 Å². The minimum absolute atomic E-state index is 0.244. The van der Waals surface area contributed by atoms with Crippen LogP contribution in [-0.2, 0) is 14.8 Å². The Kier molecular flexibility index (Phi) is 4.19. The SMILES string of the molecule is Cc1ccc(C)c(S(=O)(=O)Nc2cccc(N3CCOC3=O)c2)c1. The number of ether oxygens (including phenoxy) is 1. The molecule has 1 saturated heterocycles. The second-order valence-corrected chi connectivity index (χ2v) is 7.34. The van der Waals surface area contributed by atoms with E-state index in [-0.39, 0.29) is 4.90 Å². The third-order valence-corrected chi connectivity index (χ3v) is 5.33. The summed E-state index contributed by atoms with van der Waals surface area (Å²) >= 11 is 0. The highest BCUT2D eigenvalue weighted by molar-refractivity contribution is 7.92. The van der Waals surface area contributed by atoms with Crippen molar-refractivity contribution in [3.05, 3.63) is 53.6 Å². The summed E-state index contributed by atoms with van der Waals surface area (Å²) in [7, 11) is -3.71. The predicted octanol–water partition coefficient (Wildman–Crippen LogP) is 3.06. The summed E-state index contributed by atoms with van der Waals surface area (Å²) in [5.74, 6) is 0. The van der Waals surface area contributed by atoms with Crippen molar-refractivity contribution in [3.63, 3.8) is 0 Å². The summed E-state index contributed by atoms with van der Waals surface area (Å²) < 4.78 is 32.8. The van der Waals surface area contributed by atoms with Crippen molar-refractivity contribution in [2.75, 3.05) is 22.8 Å².